The number of imide groups is 2. The Labute approximate surface area is 334 Å². The Morgan fingerprint density at radius 3 is 2.39 bits per heavy atom. The minimum absolute atomic E-state index is 0.0800. The smallest absolute Gasteiger partial charge is 0.262 e. The SMILES string of the molecule is Cc1nnc2n1-c1sc(C#CCOCCOCCOCCOCCCc3cccc4c3C(=O)N(C3CCC(=O)NC3=O)C4=O)c(Cc3ccccc3)c1CO[C@H]2C. The van der Waals surface area contributed by atoms with Crippen LogP contribution in [-0.4, -0.2) is 102 Å². The number of nitrogens with zero attached hydrogens (tertiary/aromatic N) is 4. The molecular formula is C42H45N5O9S. The summed E-state index contributed by atoms with van der Waals surface area (Å²) in [7, 11) is 0. The summed E-state index contributed by atoms with van der Waals surface area (Å²) in [6, 6.07) is 14.5. The molecule has 0 saturated carbocycles. The molecule has 4 amide bonds. The third-order valence-corrected chi connectivity index (χ3v) is 11.2. The molecular weight excluding hydrogens is 751 g/mol. The number of rotatable bonds is 17. The van der Waals surface area contributed by atoms with E-state index < -0.39 is 29.7 Å². The largest absolute Gasteiger partial charge is 0.379 e. The van der Waals surface area contributed by atoms with E-state index in [1.165, 1.54) is 5.56 Å². The third kappa shape index (κ3) is 9.23. The molecule has 2 atom stereocenters. The van der Waals surface area contributed by atoms with Gasteiger partial charge in [-0.25, -0.2) is 0 Å². The van der Waals surface area contributed by atoms with Crippen LogP contribution < -0.4 is 5.32 Å². The standard InChI is InChI=1S/C42H45N5O9S/c1-27-38-45-44-28(2)46(38)42-33(26-56-27)32(25-29-9-4-3-5-10-29)35(57-42)14-8-18-53-20-22-55-24-23-54-21-19-52-17-7-12-30-11-6-13-31-37(30)41(51)47(40(31)50)34-15-16-36(48)43-39(34)49/h3-6,9-11,13,27,34H,7,12,15-26H2,1-2H3,(H,43,48,49)/t27-,34?/m0/s1. The van der Waals surface area contributed by atoms with Crippen LogP contribution in [0.1, 0.15) is 91.8 Å². The van der Waals surface area contributed by atoms with Gasteiger partial charge in [0.05, 0.1) is 62.3 Å². The van der Waals surface area contributed by atoms with Crippen LogP contribution in [0.4, 0.5) is 0 Å². The van der Waals surface area contributed by atoms with Gasteiger partial charge in [0.2, 0.25) is 11.8 Å². The Morgan fingerprint density at radius 2 is 1.63 bits per heavy atom. The molecule has 0 aliphatic carbocycles. The van der Waals surface area contributed by atoms with Crippen LogP contribution in [0.2, 0.25) is 0 Å². The topological polar surface area (TPSA) is 160 Å². The van der Waals surface area contributed by atoms with E-state index in [9.17, 15) is 19.2 Å². The molecule has 0 radical (unpaired) electrons. The molecule has 0 bridgehead atoms. The Bertz CT molecular complexity index is 2170. The number of thiophene rings is 1. The first-order valence-corrected chi connectivity index (χ1v) is 20.0. The van der Waals surface area contributed by atoms with Crippen molar-refractivity contribution < 1.29 is 42.9 Å². The molecule has 0 spiro atoms. The molecule has 7 rings (SSSR count). The molecule has 298 valence electrons. The van der Waals surface area contributed by atoms with Crippen LogP contribution in [0, 0.1) is 18.8 Å². The van der Waals surface area contributed by atoms with Crippen LogP contribution >= 0.6 is 11.3 Å². The Kier molecular flexibility index (Phi) is 13.3. The zero-order valence-corrected chi connectivity index (χ0v) is 32.9. The first-order valence-electron chi connectivity index (χ1n) is 19.2. The maximum atomic E-state index is 13.3. The second-order valence-corrected chi connectivity index (χ2v) is 14.8. The van der Waals surface area contributed by atoms with Gasteiger partial charge in [0, 0.05) is 18.6 Å². The fourth-order valence-electron chi connectivity index (χ4n) is 7.14. The molecule has 3 aliphatic heterocycles. The lowest BCUT2D eigenvalue weighted by Crippen LogP contribution is -2.54. The van der Waals surface area contributed by atoms with Crippen molar-refractivity contribution in [3.63, 3.8) is 0 Å². The van der Waals surface area contributed by atoms with E-state index in [1.807, 2.05) is 38.1 Å². The predicted octanol–water partition coefficient (Wildman–Crippen LogP) is 4.27. The van der Waals surface area contributed by atoms with Gasteiger partial charge in [0.25, 0.3) is 11.8 Å². The van der Waals surface area contributed by atoms with Gasteiger partial charge in [0.15, 0.2) is 5.82 Å². The number of piperidine rings is 1. The summed E-state index contributed by atoms with van der Waals surface area (Å²) in [5.41, 5.74) is 4.81. The molecule has 4 aromatic rings. The van der Waals surface area contributed by atoms with Crippen LogP contribution in [0.25, 0.3) is 5.00 Å². The first-order chi connectivity index (χ1) is 27.8. The highest BCUT2D eigenvalue weighted by Gasteiger charge is 2.45. The van der Waals surface area contributed by atoms with Crippen molar-refractivity contribution in [2.75, 3.05) is 52.9 Å². The molecule has 2 aromatic heterocycles. The molecule has 1 saturated heterocycles. The van der Waals surface area contributed by atoms with Crippen molar-refractivity contribution in [2.45, 2.75) is 64.7 Å². The third-order valence-electron chi connectivity index (χ3n) is 9.99. The van der Waals surface area contributed by atoms with Crippen LogP contribution in [0.5, 0.6) is 0 Å². The zero-order chi connectivity index (χ0) is 39.7. The highest BCUT2D eigenvalue weighted by molar-refractivity contribution is 7.15. The van der Waals surface area contributed by atoms with E-state index in [1.54, 1.807) is 23.5 Å². The summed E-state index contributed by atoms with van der Waals surface area (Å²) in [5.74, 6) is 6.13. The van der Waals surface area contributed by atoms with Crippen molar-refractivity contribution in [3.8, 4) is 16.8 Å². The number of carbonyl (C=O) groups is 4. The van der Waals surface area contributed by atoms with Crippen LogP contribution in [0.15, 0.2) is 48.5 Å². The fourth-order valence-corrected chi connectivity index (χ4v) is 8.39. The second kappa shape index (κ2) is 18.9. The lowest BCUT2D eigenvalue weighted by Gasteiger charge is -2.27. The van der Waals surface area contributed by atoms with E-state index in [0.29, 0.717) is 71.3 Å². The molecule has 5 heterocycles. The minimum Gasteiger partial charge on any atom is -0.379 e. The fraction of sp³-hybridized carbons (Fsp3) is 0.429. The van der Waals surface area contributed by atoms with Gasteiger partial charge in [-0.1, -0.05) is 54.3 Å². The highest BCUT2D eigenvalue weighted by atomic mass is 32.1. The lowest BCUT2D eigenvalue weighted by molar-refractivity contribution is -0.136. The molecule has 1 unspecified atom stereocenters. The molecule has 15 heteroatoms. The van der Waals surface area contributed by atoms with Crippen molar-refractivity contribution >= 4 is 35.0 Å². The average molecular weight is 796 g/mol. The van der Waals surface area contributed by atoms with Crippen LogP contribution in [-0.2, 0) is 52.7 Å². The maximum Gasteiger partial charge on any atom is 0.262 e. The summed E-state index contributed by atoms with van der Waals surface area (Å²) in [5, 5.41) is 12.0. The lowest BCUT2D eigenvalue weighted by atomic mass is 9.99. The first kappa shape index (κ1) is 40.1. The molecule has 2 aromatic carbocycles. The van der Waals surface area contributed by atoms with Gasteiger partial charge in [-0.2, -0.15) is 0 Å². The molecule has 1 N–H and O–H groups in total. The number of fused-ring (bicyclic) bond motifs is 4. The zero-order valence-electron chi connectivity index (χ0n) is 32.0. The summed E-state index contributed by atoms with van der Waals surface area (Å²) < 4.78 is 31.0. The average Bonchev–Trinajstić information content (AvgIpc) is 3.80. The number of aromatic nitrogens is 3. The quantitative estimate of drug-likeness (QED) is 0.0924. The number of hydrogen-bond donors (Lipinski definition) is 1. The number of nitrogens with one attached hydrogen (secondary N) is 1. The number of aryl methyl sites for hydroxylation is 2. The Morgan fingerprint density at radius 1 is 0.895 bits per heavy atom. The second-order valence-electron chi connectivity index (χ2n) is 13.8. The molecule has 3 aliphatic rings. The number of carbonyl (C=O) groups excluding carboxylic acids is 4. The molecule has 57 heavy (non-hydrogen) atoms. The van der Waals surface area contributed by atoms with Crippen molar-refractivity contribution in [3.05, 3.63) is 98.4 Å². The molecule has 1 fully saturated rings. The van der Waals surface area contributed by atoms with E-state index in [0.717, 1.165) is 49.5 Å². The van der Waals surface area contributed by atoms with Gasteiger partial charge in [0.1, 0.15) is 29.6 Å². The van der Waals surface area contributed by atoms with Gasteiger partial charge in [-0.15, -0.1) is 21.5 Å². The van der Waals surface area contributed by atoms with E-state index in [4.69, 9.17) is 23.7 Å². The van der Waals surface area contributed by atoms with Gasteiger partial charge >= 0.3 is 0 Å². The van der Waals surface area contributed by atoms with Crippen molar-refractivity contribution in [1.29, 1.82) is 0 Å². The van der Waals surface area contributed by atoms with Crippen molar-refractivity contribution in [1.82, 2.24) is 25.0 Å². The van der Waals surface area contributed by atoms with Gasteiger partial charge in [-0.3, -0.25) is 34.0 Å². The molecule has 14 nitrogen and oxygen atoms in total. The van der Waals surface area contributed by atoms with E-state index in [2.05, 4.69) is 44.1 Å². The summed E-state index contributed by atoms with van der Waals surface area (Å²) in [6.07, 6.45) is 1.94. The summed E-state index contributed by atoms with van der Waals surface area (Å²) >= 11 is 1.64. The number of benzene rings is 2. The van der Waals surface area contributed by atoms with Crippen molar-refractivity contribution in [2.24, 2.45) is 0 Å². The maximum absolute atomic E-state index is 13.3. The van der Waals surface area contributed by atoms with Gasteiger partial charge < -0.3 is 23.7 Å². The highest BCUT2D eigenvalue weighted by Crippen LogP contribution is 2.39. The van der Waals surface area contributed by atoms with Gasteiger partial charge in [-0.05, 0) is 62.3 Å². The summed E-state index contributed by atoms with van der Waals surface area (Å²) in [4.78, 5) is 52.2. The number of ether oxygens (including phenoxy) is 5. The van der Waals surface area contributed by atoms with E-state index >= 15 is 0 Å². The predicted molar refractivity (Wildman–Crippen MR) is 208 cm³/mol. The summed E-state index contributed by atoms with van der Waals surface area (Å²) in [6.45, 7) is 7.64. The number of amides is 4. The van der Waals surface area contributed by atoms with Crippen LogP contribution in [0.3, 0.4) is 0 Å². The minimum atomic E-state index is -0.986. The Hall–Kier alpha value is -5.08. The Balaban J connectivity index is 0.775. The van der Waals surface area contributed by atoms with E-state index in [-0.39, 0.29) is 31.1 Å². The monoisotopic (exact) mass is 795 g/mol. The number of hydrogen-bond acceptors (Lipinski definition) is 12. The normalized spacial score (nSPS) is 17.5.